The fourth-order valence-corrected chi connectivity index (χ4v) is 0.786. The van der Waals surface area contributed by atoms with Crippen molar-refractivity contribution in [1.29, 1.82) is 0 Å². The summed E-state index contributed by atoms with van der Waals surface area (Å²) in [6.45, 7) is 0. The molecule has 0 fully saturated rings. The van der Waals surface area contributed by atoms with E-state index < -0.39 is 0 Å². The highest BCUT2D eigenvalue weighted by Crippen LogP contribution is 2.10. The molecule has 0 bridgehead atoms. The van der Waals surface area contributed by atoms with Crippen LogP contribution in [0.25, 0.3) is 0 Å². The predicted molar refractivity (Wildman–Crippen MR) is 41.8 cm³/mol. The van der Waals surface area contributed by atoms with Gasteiger partial charge in [0.1, 0.15) is 0 Å². The van der Waals surface area contributed by atoms with Crippen LogP contribution in [-0.2, 0) is 0 Å². The highest BCUT2D eigenvalue weighted by atomic mass is 16.4. The van der Waals surface area contributed by atoms with Gasteiger partial charge in [-0.25, -0.2) is 0 Å². The van der Waals surface area contributed by atoms with Gasteiger partial charge in [0.05, 0.1) is 0 Å². The zero-order valence-electron chi connectivity index (χ0n) is 6.14. The van der Waals surface area contributed by atoms with Crippen molar-refractivity contribution in [1.82, 2.24) is 15.2 Å². The van der Waals surface area contributed by atoms with E-state index in [2.05, 4.69) is 20.5 Å². The molecule has 0 aliphatic heterocycles. The van der Waals surface area contributed by atoms with Crippen LogP contribution in [0.5, 0.6) is 0 Å². The van der Waals surface area contributed by atoms with E-state index in [9.17, 15) is 0 Å². The summed E-state index contributed by atoms with van der Waals surface area (Å²) in [4.78, 5) is 3.87. The van der Waals surface area contributed by atoms with Gasteiger partial charge in [-0.15, -0.1) is 5.10 Å². The molecule has 2 heterocycles. The van der Waals surface area contributed by atoms with Crippen molar-refractivity contribution in [2.24, 2.45) is 0 Å². The Kier molecular flexibility index (Phi) is 1.69. The summed E-state index contributed by atoms with van der Waals surface area (Å²) in [5.41, 5.74) is 0.870. The van der Waals surface area contributed by atoms with Crippen molar-refractivity contribution in [3.05, 3.63) is 30.9 Å². The average molecular weight is 162 g/mol. The number of rotatable bonds is 2. The van der Waals surface area contributed by atoms with E-state index in [1.54, 1.807) is 12.4 Å². The lowest BCUT2D eigenvalue weighted by Crippen LogP contribution is -1.89. The van der Waals surface area contributed by atoms with Gasteiger partial charge in [0.15, 0.2) is 0 Å². The van der Waals surface area contributed by atoms with E-state index in [1.165, 1.54) is 6.39 Å². The Morgan fingerprint density at radius 2 is 2.08 bits per heavy atom. The minimum atomic E-state index is 0.376. The van der Waals surface area contributed by atoms with Crippen LogP contribution in [0.15, 0.2) is 35.3 Å². The summed E-state index contributed by atoms with van der Waals surface area (Å²) in [6.07, 6.45) is 4.63. The summed E-state index contributed by atoms with van der Waals surface area (Å²) < 4.78 is 4.88. The molecule has 0 radical (unpaired) electrons. The molecule has 0 aromatic carbocycles. The van der Waals surface area contributed by atoms with Gasteiger partial charge in [0.2, 0.25) is 6.39 Å². The Balaban J connectivity index is 2.15. The Bertz CT molecular complexity index is 332. The molecule has 0 spiro atoms. The standard InChI is InChI=1S/C7H6N4O/c1-3-8-4-2-6(1)10-7-11-9-5-12-7/h1-5H,(H,8,10,11). The number of nitrogens with zero attached hydrogens (tertiary/aromatic N) is 3. The number of anilines is 2. The normalized spacial score (nSPS) is 9.67. The van der Waals surface area contributed by atoms with E-state index in [1.807, 2.05) is 12.1 Å². The van der Waals surface area contributed by atoms with Gasteiger partial charge in [-0.05, 0) is 12.1 Å². The van der Waals surface area contributed by atoms with Gasteiger partial charge in [-0.3, -0.25) is 4.98 Å². The highest BCUT2D eigenvalue weighted by molar-refractivity contribution is 5.49. The van der Waals surface area contributed by atoms with Gasteiger partial charge in [0.25, 0.3) is 0 Å². The molecular weight excluding hydrogens is 156 g/mol. The first kappa shape index (κ1) is 6.78. The van der Waals surface area contributed by atoms with Crippen LogP contribution >= 0.6 is 0 Å². The summed E-state index contributed by atoms with van der Waals surface area (Å²) >= 11 is 0. The van der Waals surface area contributed by atoms with Crippen molar-refractivity contribution in [2.75, 3.05) is 5.32 Å². The summed E-state index contributed by atoms with van der Waals surface area (Å²) in [5.74, 6) is 0. The second-order valence-corrected chi connectivity index (χ2v) is 2.10. The monoisotopic (exact) mass is 162 g/mol. The molecule has 1 N–H and O–H groups in total. The molecule has 0 saturated heterocycles. The van der Waals surface area contributed by atoms with Gasteiger partial charge in [0, 0.05) is 18.1 Å². The maximum atomic E-state index is 4.88. The highest BCUT2D eigenvalue weighted by Gasteiger charge is 1.96. The van der Waals surface area contributed by atoms with Gasteiger partial charge >= 0.3 is 6.01 Å². The summed E-state index contributed by atoms with van der Waals surface area (Å²) in [5, 5.41) is 10.1. The fourth-order valence-electron chi connectivity index (χ4n) is 0.786. The smallest absolute Gasteiger partial charge is 0.319 e. The zero-order valence-corrected chi connectivity index (χ0v) is 6.14. The first-order valence-electron chi connectivity index (χ1n) is 3.38. The molecule has 2 aromatic rings. The van der Waals surface area contributed by atoms with E-state index in [4.69, 9.17) is 4.42 Å². The lowest BCUT2D eigenvalue weighted by Gasteiger charge is -1.97. The SMILES string of the molecule is c1cc(Nc2nnco2)ccn1. The van der Waals surface area contributed by atoms with Crippen LogP contribution < -0.4 is 5.32 Å². The summed E-state index contributed by atoms with van der Waals surface area (Å²) in [7, 11) is 0. The second-order valence-electron chi connectivity index (χ2n) is 2.10. The average Bonchev–Trinajstić information content (AvgIpc) is 2.59. The lowest BCUT2D eigenvalue weighted by atomic mass is 10.4. The molecule has 0 saturated carbocycles. The third-order valence-electron chi connectivity index (χ3n) is 1.29. The van der Waals surface area contributed by atoms with Crippen LogP contribution in [0.2, 0.25) is 0 Å². The molecule has 5 nitrogen and oxygen atoms in total. The van der Waals surface area contributed by atoms with E-state index in [0.717, 1.165) is 5.69 Å². The largest absolute Gasteiger partial charge is 0.411 e. The molecule has 12 heavy (non-hydrogen) atoms. The van der Waals surface area contributed by atoms with Gasteiger partial charge < -0.3 is 9.73 Å². The number of nitrogens with one attached hydrogen (secondary N) is 1. The van der Waals surface area contributed by atoms with Crippen molar-refractivity contribution in [3.8, 4) is 0 Å². The Morgan fingerprint density at radius 3 is 2.75 bits per heavy atom. The molecule has 60 valence electrons. The number of hydrogen-bond donors (Lipinski definition) is 1. The fraction of sp³-hybridized carbons (Fsp3) is 0. The number of hydrogen-bond acceptors (Lipinski definition) is 5. The van der Waals surface area contributed by atoms with Gasteiger partial charge in [-0.1, -0.05) is 5.10 Å². The van der Waals surface area contributed by atoms with Crippen molar-refractivity contribution < 1.29 is 4.42 Å². The van der Waals surface area contributed by atoms with Crippen molar-refractivity contribution >= 4 is 11.7 Å². The molecule has 0 unspecified atom stereocenters. The quantitative estimate of drug-likeness (QED) is 0.718. The maximum Gasteiger partial charge on any atom is 0.319 e. The van der Waals surface area contributed by atoms with E-state index in [-0.39, 0.29) is 0 Å². The Hall–Kier alpha value is -1.91. The molecule has 0 atom stereocenters. The third kappa shape index (κ3) is 1.39. The minimum Gasteiger partial charge on any atom is -0.411 e. The second kappa shape index (κ2) is 3.00. The minimum absolute atomic E-state index is 0.376. The maximum absolute atomic E-state index is 4.88. The molecule has 5 heteroatoms. The molecule has 2 aromatic heterocycles. The van der Waals surface area contributed by atoms with Crippen LogP contribution in [0.3, 0.4) is 0 Å². The summed E-state index contributed by atoms with van der Waals surface area (Å²) in [6, 6.07) is 4.00. The van der Waals surface area contributed by atoms with Crippen LogP contribution in [0.4, 0.5) is 11.7 Å². The van der Waals surface area contributed by atoms with Crippen LogP contribution in [0.1, 0.15) is 0 Å². The van der Waals surface area contributed by atoms with E-state index >= 15 is 0 Å². The zero-order chi connectivity index (χ0) is 8.23. The lowest BCUT2D eigenvalue weighted by molar-refractivity contribution is 0.571. The third-order valence-corrected chi connectivity index (χ3v) is 1.29. The van der Waals surface area contributed by atoms with Crippen LogP contribution in [-0.4, -0.2) is 15.2 Å². The first-order valence-corrected chi connectivity index (χ1v) is 3.38. The van der Waals surface area contributed by atoms with Crippen molar-refractivity contribution in [3.63, 3.8) is 0 Å². The van der Waals surface area contributed by atoms with Crippen molar-refractivity contribution in [2.45, 2.75) is 0 Å². The van der Waals surface area contributed by atoms with Gasteiger partial charge in [-0.2, -0.15) is 0 Å². The molecule has 2 rings (SSSR count). The Morgan fingerprint density at radius 1 is 1.25 bits per heavy atom. The topological polar surface area (TPSA) is 63.8 Å². The Labute approximate surface area is 68.5 Å². The predicted octanol–water partition coefficient (Wildman–Crippen LogP) is 1.21. The number of aromatic nitrogens is 3. The molecule has 0 amide bonds. The molecular formula is C7H6N4O. The molecule has 0 aliphatic rings. The van der Waals surface area contributed by atoms with Crippen LogP contribution in [0, 0.1) is 0 Å². The van der Waals surface area contributed by atoms with E-state index in [0.29, 0.717) is 6.01 Å². The first-order chi connectivity index (χ1) is 5.95. The number of pyridine rings is 1. The molecule has 0 aliphatic carbocycles.